The molecule has 3 nitrogen and oxygen atoms in total. The van der Waals surface area contributed by atoms with Crippen LogP contribution in [-0.4, -0.2) is 24.3 Å². The van der Waals surface area contributed by atoms with Gasteiger partial charge < -0.3 is 9.84 Å². The predicted molar refractivity (Wildman–Crippen MR) is 51.2 cm³/mol. The minimum atomic E-state index is -0.337. The summed E-state index contributed by atoms with van der Waals surface area (Å²) < 4.78 is 4.68. The fourth-order valence-corrected chi connectivity index (χ4v) is 0.741. The van der Waals surface area contributed by atoms with Crippen LogP contribution >= 0.6 is 0 Å². The van der Waals surface area contributed by atoms with Gasteiger partial charge >= 0.3 is 5.97 Å². The molecule has 0 heterocycles. The van der Waals surface area contributed by atoms with Gasteiger partial charge in [0.05, 0.1) is 6.61 Å². The molecule has 0 aromatic rings. The fourth-order valence-electron chi connectivity index (χ4n) is 0.741. The third kappa shape index (κ3) is 7.28. The molecular formula is C10H16O3. The zero-order valence-corrected chi connectivity index (χ0v) is 8.12. The Labute approximate surface area is 78.7 Å². The van der Waals surface area contributed by atoms with E-state index in [1.54, 1.807) is 19.1 Å². The molecule has 0 rings (SSSR count). The van der Waals surface area contributed by atoms with Crippen LogP contribution in [0.5, 0.6) is 0 Å². The number of aliphatic hydroxyl groups is 1. The maximum atomic E-state index is 10.8. The third-order valence-electron chi connectivity index (χ3n) is 1.41. The molecule has 13 heavy (non-hydrogen) atoms. The number of carbonyl (C=O) groups is 1. The van der Waals surface area contributed by atoms with E-state index < -0.39 is 0 Å². The minimum absolute atomic E-state index is 0.135. The average molecular weight is 184 g/mol. The molecule has 0 bridgehead atoms. The summed E-state index contributed by atoms with van der Waals surface area (Å²) in [4.78, 5) is 10.8. The highest BCUT2D eigenvalue weighted by atomic mass is 16.5. The molecule has 3 heteroatoms. The Morgan fingerprint density at radius 3 is 2.77 bits per heavy atom. The highest BCUT2D eigenvalue weighted by Crippen LogP contribution is 1.98. The van der Waals surface area contributed by atoms with E-state index in [1.807, 2.05) is 6.92 Å². The predicted octanol–water partition coefficient (Wildman–Crippen LogP) is 1.43. The van der Waals surface area contributed by atoms with Crippen molar-refractivity contribution >= 4 is 5.97 Å². The van der Waals surface area contributed by atoms with Crippen LogP contribution in [0.25, 0.3) is 0 Å². The fraction of sp³-hybridized carbons (Fsp3) is 0.500. The number of esters is 1. The van der Waals surface area contributed by atoms with Crippen LogP contribution in [0, 0.1) is 0 Å². The number of carbonyl (C=O) groups excluding carboxylic acids is 1. The molecule has 0 aromatic heterocycles. The van der Waals surface area contributed by atoms with Crippen molar-refractivity contribution in [2.75, 3.05) is 13.2 Å². The Morgan fingerprint density at radius 2 is 2.23 bits per heavy atom. The Balaban J connectivity index is 3.84. The molecule has 0 spiro atoms. The molecule has 0 aliphatic rings. The van der Waals surface area contributed by atoms with Crippen LogP contribution in [0.4, 0.5) is 0 Å². The zero-order chi connectivity index (χ0) is 10.1. The van der Waals surface area contributed by atoms with Crippen molar-refractivity contribution in [2.45, 2.75) is 20.3 Å². The first-order valence-electron chi connectivity index (χ1n) is 4.32. The normalized spacial score (nSPS) is 12.1. The van der Waals surface area contributed by atoms with Crippen LogP contribution < -0.4 is 0 Å². The van der Waals surface area contributed by atoms with E-state index in [2.05, 4.69) is 4.74 Å². The first kappa shape index (κ1) is 11.9. The van der Waals surface area contributed by atoms with E-state index in [4.69, 9.17) is 5.11 Å². The summed E-state index contributed by atoms with van der Waals surface area (Å²) in [5.74, 6) is -0.337. The topological polar surface area (TPSA) is 46.5 Å². The first-order chi connectivity index (χ1) is 6.20. The van der Waals surface area contributed by atoms with Crippen molar-refractivity contribution in [1.29, 1.82) is 0 Å². The second-order valence-electron chi connectivity index (χ2n) is 2.60. The van der Waals surface area contributed by atoms with Gasteiger partial charge in [-0.3, -0.25) is 0 Å². The molecule has 1 N–H and O–H groups in total. The Kier molecular flexibility index (Phi) is 6.92. The van der Waals surface area contributed by atoms with Crippen LogP contribution in [-0.2, 0) is 9.53 Å². The van der Waals surface area contributed by atoms with E-state index in [9.17, 15) is 4.79 Å². The zero-order valence-electron chi connectivity index (χ0n) is 8.12. The van der Waals surface area contributed by atoms with Crippen LogP contribution in [0.2, 0.25) is 0 Å². The van der Waals surface area contributed by atoms with E-state index in [0.29, 0.717) is 13.0 Å². The lowest BCUT2D eigenvalue weighted by Crippen LogP contribution is -1.98. The summed E-state index contributed by atoms with van der Waals surface area (Å²) in [6.07, 6.45) is 5.41. The average Bonchev–Trinajstić information content (AvgIpc) is 2.05. The summed E-state index contributed by atoms with van der Waals surface area (Å²) in [6, 6.07) is 0. The number of hydrogen-bond donors (Lipinski definition) is 1. The SMILES string of the molecule is CCOC(=O)/C=C/C=C(\C)CCO. The van der Waals surface area contributed by atoms with E-state index >= 15 is 0 Å². The molecule has 0 radical (unpaired) electrons. The number of allylic oxidation sites excluding steroid dienone is 2. The van der Waals surface area contributed by atoms with Gasteiger partial charge in [0.2, 0.25) is 0 Å². The molecule has 0 aliphatic carbocycles. The van der Waals surface area contributed by atoms with Gasteiger partial charge in [-0.1, -0.05) is 17.7 Å². The maximum Gasteiger partial charge on any atom is 0.330 e. The largest absolute Gasteiger partial charge is 0.463 e. The Hall–Kier alpha value is -1.09. The van der Waals surface area contributed by atoms with Crippen molar-refractivity contribution in [2.24, 2.45) is 0 Å². The summed E-state index contributed by atoms with van der Waals surface area (Å²) in [5, 5.41) is 8.57. The van der Waals surface area contributed by atoms with Crippen molar-refractivity contribution in [1.82, 2.24) is 0 Å². The number of hydrogen-bond acceptors (Lipinski definition) is 3. The van der Waals surface area contributed by atoms with Crippen molar-refractivity contribution in [3.63, 3.8) is 0 Å². The Morgan fingerprint density at radius 1 is 1.54 bits per heavy atom. The summed E-state index contributed by atoms with van der Waals surface area (Å²) >= 11 is 0. The molecule has 74 valence electrons. The first-order valence-corrected chi connectivity index (χ1v) is 4.32. The van der Waals surface area contributed by atoms with E-state index in [0.717, 1.165) is 5.57 Å². The van der Waals surface area contributed by atoms with E-state index in [1.165, 1.54) is 6.08 Å². The highest BCUT2D eigenvalue weighted by molar-refractivity contribution is 5.82. The van der Waals surface area contributed by atoms with Gasteiger partial charge in [0.25, 0.3) is 0 Å². The van der Waals surface area contributed by atoms with Gasteiger partial charge in [-0.25, -0.2) is 4.79 Å². The monoisotopic (exact) mass is 184 g/mol. The second kappa shape index (κ2) is 7.55. The van der Waals surface area contributed by atoms with Crippen molar-refractivity contribution in [3.8, 4) is 0 Å². The van der Waals surface area contributed by atoms with E-state index in [-0.39, 0.29) is 12.6 Å². The van der Waals surface area contributed by atoms with Crippen LogP contribution in [0.3, 0.4) is 0 Å². The van der Waals surface area contributed by atoms with Gasteiger partial charge in [0.15, 0.2) is 0 Å². The number of aliphatic hydroxyl groups excluding tert-OH is 1. The van der Waals surface area contributed by atoms with Gasteiger partial charge in [-0.2, -0.15) is 0 Å². The lowest BCUT2D eigenvalue weighted by Gasteiger charge is -1.94. The van der Waals surface area contributed by atoms with Gasteiger partial charge in [0.1, 0.15) is 0 Å². The molecule has 0 aromatic carbocycles. The molecule has 0 unspecified atom stereocenters. The molecule has 0 saturated heterocycles. The number of ether oxygens (including phenoxy) is 1. The van der Waals surface area contributed by atoms with Gasteiger partial charge in [-0.15, -0.1) is 0 Å². The lowest BCUT2D eigenvalue weighted by molar-refractivity contribution is -0.137. The molecule has 0 amide bonds. The second-order valence-corrected chi connectivity index (χ2v) is 2.60. The standard InChI is InChI=1S/C10H16O3/c1-3-13-10(12)6-4-5-9(2)7-8-11/h4-6,11H,3,7-8H2,1-2H3/b6-4+,9-5+. The van der Waals surface area contributed by atoms with Crippen molar-refractivity contribution < 1.29 is 14.6 Å². The molecule has 0 saturated carbocycles. The summed E-state index contributed by atoms with van der Waals surface area (Å²) in [6.45, 7) is 4.18. The van der Waals surface area contributed by atoms with Crippen LogP contribution in [0.15, 0.2) is 23.8 Å². The smallest absolute Gasteiger partial charge is 0.330 e. The molecule has 0 atom stereocenters. The van der Waals surface area contributed by atoms with Gasteiger partial charge in [-0.05, 0) is 20.3 Å². The summed E-state index contributed by atoms with van der Waals surface area (Å²) in [7, 11) is 0. The molecule has 0 aliphatic heterocycles. The molecular weight excluding hydrogens is 168 g/mol. The van der Waals surface area contributed by atoms with Crippen molar-refractivity contribution in [3.05, 3.63) is 23.8 Å². The lowest BCUT2D eigenvalue weighted by atomic mass is 10.2. The number of rotatable bonds is 5. The third-order valence-corrected chi connectivity index (χ3v) is 1.41. The summed E-state index contributed by atoms with van der Waals surface area (Å²) in [5.41, 5.74) is 1.03. The minimum Gasteiger partial charge on any atom is -0.463 e. The quantitative estimate of drug-likeness (QED) is 0.399. The molecule has 0 fully saturated rings. The highest BCUT2D eigenvalue weighted by Gasteiger charge is 1.91. The maximum absolute atomic E-state index is 10.8. The van der Waals surface area contributed by atoms with Crippen LogP contribution in [0.1, 0.15) is 20.3 Å². The van der Waals surface area contributed by atoms with Gasteiger partial charge in [0, 0.05) is 12.7 Å². The Bertz CT molecular complexity index is 204.